The van der Waals surface area contributed by atoms with E-state index in [0.29, 0.717) is 53.3 Å². The average Bonchev–Trinajstić information content (AvgIpc) is 3.21. The quantitative estimate of drug-likeness (QED) is 0.518. The molecule has 4 heterocycles. The lowest BCUT2D eigenvalue weighted by Crippen LogP contribution is -2.25. The highest BCUT2D eigenvalue weighted by molar-refractivity contribution is 5.99. The first-order chi connectivity index (χ1) is 15.9. The van der Waals surface area contributed by atoms with Crippen LogP contribution < -0.4 is 21.1 Å². The third-order valence-corrected chi connectivity index (χ3v) is 6.09. The Morgan fingerprint density at radius 1 is 1.33 bits per heavy atom. The highest BCUT2D eigenvalue weighted by atomic mass is 19.1. The van der Waals surface area contributed by atoms with Crippen LogP contribution in [0.5, 0.6) is 5.88 Å². The van der Waals surface area contributed by atoms with Crippen molar-refractivity contribution in [1.29, 1.82) is 0 Å². The number of amides is 1. The van der Waals surface area contributed by atoms with Gasteiger partial charge < -0.3 is 25.4 Å². The zero-order valence-corrected chi connectivity index (χ0v) is 18.4. The number of nitrogens with two attached hydrogens (primary N) is 1. The molecule has 10 heteroatoms. The van der Waals surface area contributed by atoms with Crippen molar-refractivity contribution in [3.8, 4) is 17.0 Å². The second kappa shape index (κ2) is 8.36. The molecule has 3 aromatic rings. The van der Waals surface area contributed by atoms with E-state index in [9.17, 15) is 4.79 Å². The summed E-state index contributed by atoms with van der Waals surface area (Å²) in [6.07, 6.45) is 3.11. The number of pyridine rings is 2. The Labute approximate surface area is 190 Å². The van der Waals surface area contributed by atoms with Crippen LogP contribution in [-0.2, 0) is 4.74 Å². The Balaban J connectivity index is 1.47. The number of rotatable bonds is 3. The molecule has 0 bridgehead atoms. The molecule has 2 aliphatic rings. The van der Waals surface area contributed by atoms with Crippen molar-refractivity contribution in [2.45, 2.75) is 19.4 Å². The van der Waals surface area contributed by atoms with Crippen LogP contribution in [0, 0.1) is 12.7 Å². The molecule has 5 rings (SSSR count). The molecule has 0 saturated carbocycles. The molecule has 1 aromatic carbocycles. The number of aromatic nitrogens is 2. The molecule has 2 aromatic heterocycles. The van der Waals surface area contributed by atoms with Crippen LogP contribution in [0.4, 0.5) is 26.4 Å². The Kier molecular flexibility index (Phi) is 5.37. The van der Waals surface area contributed by atoms with Gasteiger partial charge in [0.05, 0.1) is 5.69 Å². The number of hydrogen-bond donors (Lipinski definition) is 3. The van der Waals surface area contributed by atoms with Crippen LogP contribution in [0.2, 0.25) is 0 Å². The number of fused-ring (bicyclic) bond motifs is 2. The first kappa shape index (κ1) is 21.2. The van der Waals surface area contributed by atoms with Crippen molar-refractivity contribution in [3.63, 3.8) is 0 Å². The zero-order chi connectivity index (χ0) is 23.1. The molecule has 0 radical (unpaired) electrons. The summed E-state index contributed by atoms with van der Waals surface area (Å²) in [6.45, 7) is 4.64. The van der Waals surface area contributed by atoms with Gasteiger partial charge in [-0.05, 0) is 43.5 Å². The van der Waals surface area contributed by atoms with Crippen LogP contribution in [0.15, 0.2) is 24.5 Å². The summed E-state index contributed by atoms with van der Waals surface area (Å²) in [5, 5.41) is 7.01. The van der Waals surface area contributed by atoms with E-state index < -0.39 is 11.9 Å². The second-order valence-corrected chi connectivity index (χ2v) is 8.40. The van der Waals surface area contributed by atoms with Gasteiger partial charge in [-0.2, -0.15) is 0 Å². The minimum atomic E-state index is -0.571. The number of carbonyl (C=O) groups is 1. The smallest absolute Gasteiger partial charge is 0.413 e. The fraction of sp³-hybridized carbons (Fsp3) is 0.348. The summed E-state index contributed by atoms with van der Waals surface area (Å²) >= 11 is 0. The Morgan fingerprint density at radius 2 is 2.18 bits per heavy atom. The van der Waals surface area contributed by atoms with E-state index in [-0.39, 0.29) is 11.8 Å². The summed E-state index contributed by atoms with van der Waals surface area (Å²) in [6, 6.07) is 3.34. The predicted octanol–water partition coefficient (Wildman–Crippen LogP) is 3.38. The molecule has 0 spiro atoms. The molecule has 33 heavy (non-hydrogen) atoms. The van der Waals surface area contributed by atoms with Gasteiger partial charge in [0.2, 0.25) is 5.88 Å². The average molecular weight is 452 g/mol. The molecular weight excluding hydrogens is 427 g/mol. The third kappa shape index (κ3) is 3.97. The molecular formula is C23H25FN6O3. The van der Waals surface area contributed by atoms with Crippen molar-refractivity contribution in [1.82, 2.24) is 14.9 Å². The van der Waals surface area contributed by atoms with Gasteiger partial charge in [0, 0.05) is 48.5 Å². The molecule has 1 amide bonds. The van der Waals surface area contributed by atoms with Crippen molar-refractivity contribution >= 4 is 34.1 Å². The number of nitrogen functional groups attached to an aromatic ring is 1. The topological polar surface area (TPSA) is 115 Å². The molecule has 2 aliphatic heterocycles. The van der Waals surface area contributed by atoms with Crippen LogP contribution in [0.25, 0.3) is 21.9 Å². The number of carbonyl (C=O) groups excluding carboxylic acids is 1. The van der Waals surface area contributed by atoms with E-state index in [2.05, 4.69) is 25.5 Å². The van der Waals surface area contributed by atoms with Crippen LogP contribution in [0.1, 0.15) is 12.0 Å². The summed E-state index contributed by atoms with van der Waals surface area (Å²) < 4.78 is 26.3. The number of anilines is 3. The maximum atomic E-state index is 15.3. The summed E-state index contributed by atoms with van der Waals surface area (Å²) in [5.74, 6) is 0.252. The lowest BCUT2D eigenvalue weighted by atomic mass is 9.97. The number of ether oxygens (including phenoxy) is 2. The molecule has 0 aliphatic carbocycles. The Morgan fingerprint density at radius 3 is 2.97 bits per heavy atom. The number of nitrogens with zero attached hydrogens (tertiary/aromatic N) is 3. The lowest BCUT2D eigenvalue weighted by Gasteiger charge is -2.22. The van der Waals surface area contributed by atoms with Gasteiger partial charge in [0.1, 0.15) is 24.2 Å². The largest absolute Gasteiger partial charge is 0.474 e. The maximum Gasteiger partial charge on any atom is 0.413 e. The van der Waals surface area contributed by atoms with Crippen LogP contribution in [0.3, 0.4) is 0 Å². The van der Waals surface area contributed by atoms with Gasteiger partial charge in [-0.3, -0.25) is 5.32 Å². The molecule has 1 atom stereocenters. The molecule has 0 unspecified atom stereocenters. The van der Waals surface area contributed by atoms with Crippen molar-refractivity contribution in [2.24, 2.45) is 0 Å². The number of likely N-dealkylation sites (N-methyl/N-ethyl adjacent to an activating group) is 1. The van der Waals surface area contributed by atoms with E-state index >= 15 is 4.39 Å². The van der Waals surface area contributed by atoms with Gasteiger partial charge in [0.15, 0.2) is 5.82 Å². The van der Waals surface area contributed by atoms with Gasteiger partial charge in [-0.1, -0.05) is 0 Å². The molecule has 4 N–H and O–H groups in total. The number of likely N-dealkylation sites (tertiary alicyclic amines) is 1. The maximum absolute atomic E-state index is 15.3. The first-order valence-electron chi connectivity index (χ1n) is 10.8. The molecule has 172 valence electrons. The van der Waals surface area contributed by atoms with E-state index in [0.717, 1.165) is 24.2 Å². The van der Waals surface area contributed by atoms with E-state index in [1.165, 1.54) is 6.20 Å². The summed E-state index contributed by atoms with van der Waals surface area (Å²) in [7, 11) is 1.98. The number of nitrogens with one attached hydrogen (secondary N) is 2. The number of benzene rings is 1. The number of hydrogen-bond acceptors (Lipinski definition) is 8. The highest BCUT2D eigenvalue weighted by Crippen LogP contribution is 2.39. The van der Waals surface area contributed by atoms with E-state index in [1.54, 1.807) is 18.3 Å². The van der Waals surface area contributed by atoms with E-state index in [4.69, 9.17) is 15.2 Å². The van der Waals surface area contributed by atoms with Gasteiger partial charge in [0.25, 0.3) is 0 Å². The SMILES string of the molecule is Cc1c(-c2cc3cc(NC(=O)O[C@H]4CCN(C)C4)ncc3c(N)c2F)cnc2c1NCCO2. The zero-order valence-electron chi connectivity index (χ0n) is 18.4. The third-order valence-electron chi connectivity index (χ3n) is 6.09. The van der Waals surface area contributed by atoms with Gasteiger partial charge >= 0.3 is 6.09 Å². The second-order valence-electron chi connectivity index (χ2n) is 8.40. The van der Waals surface area contributed by atoms with Crippen LogP contribution in [-0.4, -0.2) is 60.4 Å². The van der Waals surface area contributed by atoms with Crippen molar-refractivity contribution < 1.29 is 18.7 Å². The normalized spacial score (nSPS) is 17.8. The van der Waals surface area contributed by atoms with Crippen molar-refractivity contribution in [3.05, 3.63) is 35.9 Å². The summed E-state index contributed by atoms with van der Waals surface area (Å²) in [4.78, 5) is 22.9. The van der Waals surface area contributed by atoms with Gasteiger partial charge in [-0.25, -0.2) is 19.2 Å². The predicted molar refractivity (Wildman–Crippen MR) is 124 cm³/mol. The molecule has 1 fully saturated rings. The van der Waals surface area contributed by atoms with Gasteiger partial charge in [-0.15, -0.1) is 0 Å². The Bertz CT molecular complexity index is 1250. The highest BCUT2D eigenvalue weighted by Gasteiger charge is 2.24. The summed E-state index contributed by atoms with van der Waals surface area (Å²) in [5.41, 5.74) is 8.59. The number of halogens is 1. The first-order valence-corrected chi connectivity index (χ1v) is 10.8. The molecule has 9 nitrogen and oxygen atoms in total. The fourth-order valence-electron chi connectivity index (χ4n) is 4.33. The van der Waals surface area contributed by atoms with E-state index in [1.807, 2.05) is 14.0 Å². The lowest BCUT2D eigenvalue weighted by molar-refractivity contribution is 0.115. The van der Waals surface area contributed by atoms with Crippen molar-refractivity contribution in [2.75, 3.05) is 49.7 Å². The fourth-order valence-corrected chi connectivity index (χ4v) is 4.33. The van der Waals surface area contributed by atoms with Crippen LogP contribution >= 0.6 is 0 Å². The standard InChI is InChI=1S/C23H25FN6O3/c1-12-16(9-28-22-21(12)26-4-6-32-22)15-7-13-8-18(27-10-17(13)20(25)19(15)24)29-23(31)33-14-3-5-30(2)11-14/h7-10,14,26H,3-6,11,25H2,1-2H3,(H,27,29,31)/t14-/m0/s1. The molecule has 1 saturated heterocycles. The monoisotopic (exact) mass is 452 g/mol. The minimum Gasteiger partial charge on any atom is -0.474 e. The minimum absolute atomic E-state index is 0.0144. The Hall–Kier alpha value is -3.66.